The van der Waals surface area contributed by atoms with Gasteiger partial charge < -0.3 is 15.2 Å². The number of carboxylic acids is 1. The van der Waals surface area contributed by atoms with Gasteiger partial charge in [-0.15, -0.1) is 0 Å². The predicted octanol–water partition coefficient (Wildman–Crippen LogP) is 0.509. The Labute approximate surface area is 72.8 Å². The summed E-state index contributed by atoms with van der Waals surface area (Å²) in [7, 11) is 0. The number of aryl methyl sites for hydroxylation is 1. The van der Waals surface area contributed by atoms with Crippen molar-refractivity contribution < 1.29 is 14.8 Å². The van der Waals surface area contributed by atoms with E-state index in [1.165, 1.54) is 4.57 Å². The van der Waals surface area contributed by atoms with Gasteiger partial charge in [-0.3, -0.25) is 0 Å². The molecule has 0 aliphatic rings. The third-order valence-electron chi connectivity index (χ3n) is 1.53. The van der Waals surface area contributed by atoms with Crippen LogP contribution in [0.1, 0.15) is 17.4 Å². The standard InChI is InChI=1S/C6H7N3O4/c1-2-8-3-7-4(6(10)11)5(8)9(12)13/h3H,2H2,1H3,(H,10,11). The van der Waals surface area contributed by atoms with E-state index in [2.05, 4.69) is 4.98 Å². The average Bonchev–Trinajstić information content (AvgIpc) is 2.46. The SMILES string of the molecule is CCn1cnc(C(=O)O)c1[N+](=O)[O-]. The van der Waals surface area contributed by atoms with Crippen molar-refractivity contribution in [3.05, 3.63) is 22.1 Å². The maximum absolute atomic E-state index is 10.5. The van der Waals surface area contributed by atoms with Crippen LogP contribution >= 0.6 is 0 Å². The van der Waals surface area contributed by atoms with Gasteiger partial charge in [0.05, 0.1) is 6.54 Å². The molecule has 1 aromatic rings. The van der Waals surface area contributed by atoms with Crippen LogP contribution in [0.15, 0.2) is 6.33 Å². The Bertz CT molecular complexity index is 357. The molecule has 0 spiro atoms. The van der Waals surface area contributed by atoms with E-state index in [-0.39, 0.29) is 0 Å². The van der Waals surface area contributed by atoms with Crippen molar-refractivity contribution in [3.8, 4) is 0 Å². The lowest BCUT2D eigenvalue weighted by molar-refractivity contribution is -0.392. The van der Waals surface area contributed by atoms with Crippen molar-refractivity contribution in [2.24, 2.45) is 0 Å². The van der Waals surface area contributed by atoms with Crippen LogP contribution in [0.2, 0.25) is 0 Å². The number of nitrogens with zero attached hydrogens (tertiary/aromatic N) is 3. The van der Waals surface area contributed by atoms with Crippen molar-refractivity contribution in [3.63, 3.8) is 0 Å². The number of imidazole rings is 1. The Morgan fingerprint density at radius 2 is 2.46 bits per heavy atom. The van der Waals surface area contributed by atoms with Gasteiger partial charge in [-0.25, -0.2) is 14.3 Å². The van der Waals surface area contributed by atoms with Gasteiger partial charge in [-0.2, -0.15) is 0 Å². The van der Waals surface area contributed by atoms with E-state index in [0.29, 0.717) is 6.54 Å². The Morgan fingerprint density at radius 1 is 1.85 bits per heavy atom. The molecule has 0 radical (unpaired) electrons. The highest BCUT2D eigenvalue weighted by Crippen LogP contribution is 2.16. The molecule has 0 saturated carbocycles. The fourth-order valence-electron chi connectivity index (χ4n) is 0.950. The summed E-state index contributed by atoms with van der Waals surface area (Å²) in [5.74, 6) is -1.87. The molecule has 0 saturated heterocycles. The molecule has 1 heterocycles. The van der Waals surface area contributed by atoms with Crippen LogP contribution < -0.4 is 0 Å². The molecular formula is C6H7N3O4. The first kappa shape index (κ1) is 9.17. The molecule has 1 aromatic heterocycles. The summed E-state index contributed by atoms with van der Waals surface area (Å²) in [6, 6.07) is 0. The lowest BCUT2D eigenvalue weighted by Crippen LogP contribution is -2.05. The second-order valence-corrected chi connectivity index (χ2v) is 2.27. The minimum absolute atomic E-state index is 0.316. The van der Waals surface area contributed by atoms with E-state index in [1.807, 2.05) is 0 Å². The van der Waals surface area contributed by atoms with E-state index < -0.39 is 22.4 Å². The maximum Gasteiger partial charge on any atom is 0.363 e. The van der Waals surface area contributed by atoms with E-state index in [1.54, 1.807) is 6.92 Å². The fourth-order valence-corrected chi connectivity index (χ4v) is 0.950. The molecule has 0 aliphatic carbocycles. The maximum atomic E-state index is 10.5. The van der Waals surface area contributed by atoms with E-state index in [9.17, 15) is 14.9 Å². The van der Waals surface area contributed by atoms with Crippen LogP contribution in [0.25, 0.3) is 0 Å². The predicted molar refractivity (Wildman–Crippen MR) is 41.5 cm³/mol. The second-order valence-electron chi connectivity index (χ2n) is 2.27. The van der Waals surface area contributed by atoms with Gasteiger partial charge in [0, 0.05) is 0 Å². The summed E-state index contributed by atoms with van der Waals surface area (Å²) in [6.07, 6.45) is 1.14. The molecule has 0 aromatic carbocycles. The summed E-state index contributed by atoms with van der Waals surface area (Å²) in [5.41, 5.74) is -0.521. The highest BCUT2D eigenvalue weighted by molar-refractivity contribution is 5.89. The number of carbonyl (C=O) groups is 1. The summed E-state index contributed by atoms with van der Waals surface area (Å²) >= 11 is 0. The monoisotopic (exact) mass is 185 g/mol. The van der Waals surface area contributed by atoms with Gasteiger partial charge in [0.25, 0.3) is 0 Å². The summed E-state index contributed by atoms with van der Waals surface area (Å²) in [5, 5.41) is 19.0. The molecule has 0 bridgehead atoms. The van der Waals surface area contributed by atoms with Gasteiger partial charge in [0.1, 0.15) is 0 Å². The molecule has 7 heteroatoms. The average molecular weight is 185 g/mol. The zero-order valence-electron chi connectivity index (χ0n) is 6.80. The van der Waals surface area contributed by atoms with Crippen LogP contribution in [0.4, 0.5) is 5.82 Å². The van der Waals surface area contributed by atoms with Gasteiger partial charge in [0.2, 0.25) is 5.69 Å². The quantitative estimate of drug-likeness (QED) is 0.546. The number of aromatic carboxylic acids is 1. The molecule has 0 aliphatic heterocycles. The minimum Gasteiger partial charge on any atom is -0.476 e. The van der Waals surface area contributed by atoms with Crippen molar-refractivity contribution in [2.45, 2.75) is 13.5 Å². The Morgan fingerprint density at radius 3 is 2.85 bits per heavy atom. The Hall–Kier alpha value is -1.92. The summed E-state index contributed by atoms with van der Waals surface area (Å²) < 4.78 is 1.17. The molecule has 0 atom stereocenters. The topological polar surface area (TPSA) is 98.3 Å². The van der Waals surface area contributed by atoms with Crippen molar-refractivity contribution in [2.75, 3.05) is 0 Å². The Kier molecular flexibility index (Phi) is 2.27. The zero-order chi connectivity index (χ0) is 10.0. The third-order valence-corrected chi connectivity index (χ3v) is 1.53. The number of hydrogen-bond acceptors (Lipinski definition) is 4. The van der Waals surface area contributed by atoms with Crippen LogP contribution in [0.3, 0.4) is 0 Å². The van der Waals surface area contributed by atoms with Gasteiger partial charge >= 0.3 is 11.8 Å². The number of aromatic nitrogens is 2. The number of carboxylic acid groups (broad SMARTS) is 1. The number of hydrogen-bond donors (Lipinski definition) is 1. The largest absolute Gasteiger partial charge is 0.476 e. The first-order valence-electron chi connectivity index (χ1n) is 3.50. The van der Waals surface area contributed by atoms with Gasteiger partial charge in [0.15, 0.2) is 6.33 Å². The molecular weight excluding hydrogens is 178 g/mol. The zero-order valence-corrected chi connectivity index (χ0v) is 6.80. The molecule has 7 nitrogen and oxygen atoms in total. The summed E-state index contributed by atoms with van der Waals surface area (Å²) in [6.45, 7) is 1.98. The summed E-state index contributed by atoms with van der Waals surface area (Å²) in [4.78, 5) is 23.6. The highest BCUT2D eigenvalue weighted by atomic mass is 16.6. The van der Waals surface area contributed by atoms with Crippen LogP contribution in [-0.2, 0) is 6.54 Å². The van der Waals surface area contributed by atoms with Crippen molar-refractivity contribution in [1.29, 1.82) is 0 Å². The molecule has 0 fully saturated rings. The third kappa shape index (κ3) is 1.48. The molecule has 0 amide bonds. The fraction of sp³-hybridized carbons (Fsp3) is 0.333. The number of nitro groups is 1. The first-order valence-corrected chi connectivity index (χ1v) is 3.50. The lowest BCUT2D eigenvalue weighted by Gasteiger charge is -1.96. The van der Waals surface area contributed by atoms with Gasteiger partial charge in [-0.05, 0) is 11.8 Å². The lowest BCUT2D eigenvalue weighted by atomic mass is 10.4. The first-order chi connectivity index (χ1) is 6.07. The number of rotatable bonds is 3. The highest BCUT2D eigenvalue weighted by Gasteiger charge is 2.25. The van der Waals surface area contributed by atoms with Crippen LogP contribution in [0.5, 0.6) is 0 Å². The van der Waals surface area contributed by atoms with E-state index in [0.717, 1.165) is 6.33 Å². The molecule has 70 valence electrons. The molecule has 1 rings (SSSR count). The van der Waals surface area contributed by atoms with Crippen LogP contribution in [0, 0.1) is 10.1 Å². The second kappa shape index (κ2) is 3.21. The molecule has 1 N–H and O–H groups in total. The van der Waals surface area contributed by atoms with Crippen molar-refractivity contribution in [1.82, 2.24) is 9.55 Å². The van der Waals surface area contributed by atoms with Gasteiger partial charge in [-0.1, -0.05) is 0 Å². The van der Waals surface area contributed by atoms with Crippen molar-refractivity contribution >= 4 is 11.8 Å². The van der Waals surface area contributed by atoms with E-state index in [4.69, 9.17) is 5.11 Å². The normalized spacial score (nSPS) is 9.92. The molecule has 0 unspecified atom stereocenters. The minimum atomic E-state index is -1.39. The molecule has 13 heavy (non-hydrogen) atoms. The smallest absolute Gasteiger partial charge is 0.363 e. The van der Waals surface area contributed by atoms with Crippen LogP contribution in [-0.4, -0.2) is 25.6 Å². The van der Waals surface area contributed by atoms with E-state index >= 15 is 0 Å². The Balaban J connectivity index is 3.30.